The molecule has 2 aromatic heterocycles. The number of pyridine rings is 1. The number of rotatable bonds is 0. The maximum absolute atomic E-state index is 4.89. The van der Waals surface area contributed by atoms with Gasteiger partial charge in [-0.25, -0.2) is 4.98 Å². The molecule has 0 radical (unpaired) electrons. The summed E-state index contributed by atoms with van der Waals surface area (Å²) in [4.78, 5) is 4.89. The minimum atomic E-state index is 1.04. The molecule has 0 atom stereocenters. The van der Waals surface area contributed by atoms with Gasteiger partial charge in [-0.3, -0.25) is 4.40 Å². The zero-order valence-electron chi connectivity index (χ0n) is 14.2. The van der Waals surface area contributed by atoms with E-state index >= 15 is 0 Å². The van der Waals surface area contributed by atoms with E-state index in [0.717, 1.165) is 16.7 Å². The van der Waals surface area contributed by atoms with Crippen LogP contribution in [-0.4, -0.2) is 9.38 Å². The van der Waals surface area contributed by atoms with Crippen LogP contribution in [0.2, 0.25) is 0 Å². The Kier molecular flexibility index (Phi) is 3.46. The summed E-state index contributed by atoms with van der Waals surface area (Å²) in [6, 6.07) is 23.5. The van der Waals surface area contributed by atoms with Gasteiger partial charge < -0.3 is 0 Å². The molecule has 0 fully saturated rings. The molecule has 0 aliphatic rings. The van der Waals surface area contributed by atoms with Crippen LogP contribution in [0, 0.1) is 6.92 Å². The molecule has 0 unspecified atom stereocenters. The quantitative estimate of drug-likeness (QED) is 0.314. The number of hydrogen-bond donors (Lipinski definition) is 0. The van der Waals surface area contributed by atoms with Gasteiger partial charge in [-0.1, -0.05) is 67.9 Å². The molecule has 0 N–H and O–H groups in total. The van der Waals surface area contributed by atoms with Gasteiger partial charge in [0.15, 0.2) is 0 Å². The molecule has 5 rings (SSSR count). The fourth-order valence-corrected chi connectivity index (χ4v) is 3.42. The summed E-state index contributed by atoms with van der Waals surface area (Å²) in [7, 11) is 0. The van der Waals surface area contributed by atoms with E-state index in [2.05, 4.69) is 72.0 Å². The second-order valence-electron chi connectivity index (χ2n) is 5.83. The van der Waals surface area contributed by atoms with Gasteiger partial charge in [-0.05, 0) is 30.5 Å². The van der Waals surface area contributed by atoms with Crippen molar-refractivity contribution in [2.45, 2.75) is 20.8 Å². The van der Waals surface area contributed by atoms with E-state index in [9.17, 15) is 0 Å². The minimum Gasteiger partial charge on any atom is -0.292 e. The second kappa shape index (κ2) is 5.64. The maximum Gasteiger partial charge on any atom is 0.146 e. The summed E-state index contributed by atoms with van der Waals surface area (Å²) in [5.41, 5.74) is 5.73. The number of fused-ring (bicyclic) bond motifs is 8. The number of aryl methyl sites for hydroxylation is 1. The van der Waals surface area contributed by atoms with Gasteiger partial charge in [-0.2, -0.15) is 0 Å². The molecule has 0 aliphatic carbocycles. The van der Waals surface area contributed by atoms with Crippen molar-refractivity contribution in [1.82, 2.24) is 9.38 Å². The van der Waals surface area contributed by atoms with Crippen LogP contribution in [0.3, 0.4) is 0 Å². The van der Waals surface area contributed by atoms with Gasteiger partial charge in [0, 0.05) is 10.8 Å². The van der Waals surface area contributed by atoms with Gasteiger partial charge in [0.2, 0.25) is 0 Å². The molecule has 2 nitrogen and oxygen atoms in total. The molecule has 5 aromatic rings. The first kappa shape index (κ1) is 14.7. The average molecular weight is 312 g/mol. The Hall–Kier alpha value is -2.87. The molecule has 24 heavy (non-hydrogen) atoms. The van der Waals surface area contributed by atoms with Crippen molar-refractivity contribution >= 4 is 38.4 Å². The first-order chi connectivity index (χ1) is 11.8. The predicted octanol–water partition coefficient (Wildman–Crippen LogP) is 6.13. The highest BCUT2D eigenvalue weighted by atomic mass is 15.0. The van der Waals surface area contributed by atoms with Crippen molar-refractivity contribution < 1.29 is 0 Å². The highest BCUT2D eigenvalue weighted by Gasteiger charge is 2.12. The maximum atomic E-state index is 4.89. The Balaban J connectivity index is 0.000000704. The summed E-state index contributed by atoms with van der Waals surface area (Å²) in [5.74, 6) is 0. The van der Waals surface area contributed by atoms with Crippen LogP contribution < -0.4 is 0 Å². The van der Waals surface area contributed by atoms with Gasteiger partial charge in [0.1, 0.15) is 5.65 Å². The van der Waals surface area contributed by atoms with Crippen LogP contribution in [0.25, 0.3) is 38.4 Å². The largest absolute Gasteiger partial charge is 0.292 e. The monoisotopic (exact) mass is 312 g/mol. The Bertz CT molecular complexity index is 1180. The third kappa shape index (κ3) is 2.00. The van der Waals surface area contributed by atoms with Crippen molar-refractivity contribution in [3.63, 3.8) is 0 Å². The highest BCUT2D eigenvalue weighted by molar-refractivity contribution is 6.13. The molecule has 0 bridgehead atoms. The molecule has 0 spiro atoms. The Labute approximate surface area is 141 Å². The van der Waals surface area contributed by atoms with Gasteiger partial charge in [0.25, 0.3) is 0 Å². The fourth-order valence-electron chi connectivity index (χ4n) is 3.42. The van der Waals surface area contributed by atoms with Gasteiger partial charge >= 0.3 is 0 Å². The number of imidazole rings is 1. The number of para-hydroxylation sites is 3. The molecule has 118 valence electrons. The zero-order chi connectivity index (χ0) is 16.7. The molecular weight excluding hydrogens is 292 g/mol. The lowest BCUT2D eigenvalue weighted by atomic mass is 10.0. The molecule has 0 saturated heterocycles. The number of nitrogens with zero attached hydrogens (tertiary/aromatic N) is 2. The van der Waals surface area contributed by atoms with Crippen molar-refractivity contribution in [3.8, 4) is 0 Å². The third-order valence-corrected chi connectivity index (χ3v) is 4.41. The number of hydrogen-bond acceptors (Lipinski definition) is 1. The van der Waals surface area contributed by atoms with E-state index in [0.29, 0.717) is 0 Å². The topological polar surface area (TPSA) is 17.3 Å². The van der Waals surface area contributed by atoms with Crippen LogP contribution in [0.5, 0.6) is 0 Å². The second-order valence-corrected chi connectivity index (χ2v) is 5.83. The normalized spacial score (nSPS) is 11.1. The predicted molar refractivity (Wildman–Crippen MR) is 104 cm³/mol. The van der Waals surface area contributed by atoms with Crippen LogP contribution in [0.1, 0.15) is 19.4 Å². The van der Waals surface area contributed by atoms with Crippen molar-refractivity contribution in [2.75, 3.05) is 0 Å². The van der Waals surface area contributed by atoms with E-state index in [1.807, 2.05) is 19.9 Å². The highest BCUT2D eigenvalue weighted by Crippen LogP contribution is 2.32. The zero-order valence-corrected chi connectivity index (χ0v) is 14.2. The summed E-state index contributed by atoms with van der Waals surface area (Å²) in [5, 5.41) is 3.76. The standard InChI is InChI=1S/C20H14N2.C2H6/c1-13-10-11-15-16(12-13)14-6-2-4-8-18(14)22-19-9-5-3-7-17(19)21-20(15)22;1-2/h2-12H,1H3;1-2H3. The van der Waals surface area contributed by atoms with E-state index in [-0.39, 0.29) is 0 Å². The molecule has 0 aliphatic heterocycles. The Morgan fingerprint density at radius 1 is 0.708 bits per heavy atom. The van der Waals surface area contributed by atoms with Crippen molar-refractivity contribution in [3.05, 3.63) is 72.3 Å². The first-order valence-corrected chi connectivity index (χ1v) is 8.51. The Morgan fingerprint density at radius 3 is 2.25 bits per heavy atom. The molecule has 3 aromatic carbocycles. The summed E-state index contributed by atoms with van der Waals surface area (Å²) in [6.07, 6.45) is 0. The van der Waals surface area contributed by atoms with Crippen LogP contribution in [-0.2, 0) is 0 Å². The third-order valence-electron chi connectivity index (χ3n) is 4.41. The fraction of sp³-hybridized carbons (Fsp3) is 0.136. The smallest absolute Gasteiger partial charge is 0.146 e. The van der Waals surface area contributed by atoms with Gasteiger partial charge in [-0.15, -0.1) is 0 Å². The number of aromatic nitrogens is 2. The van der Waals surface area contributed by atoms with Crippen molar-refractivity contribution in [1.29, 1.82) is 0 Å². The summed E-state index contributed by atoms with van der Waals surface area (Å²) < 4.78 is 2.28. The van der Waals surface area contributed by atoms with Gasteiger partial charge in [0.05, 0.1) is 16.6 Å². The molecule has 2 heteroatoms. The summed E-state index contributed by atoms with van der Waals surface area (Å²) in [6.45, 7) is 6.14. The lowest BCUT2D eigenvalue weighted by Crippen LogP contribution is -1.91. The first-order valence-electron chi connectivity index (χ1n) is 8.51. The van der Waals surface area contributed by atoms with E-state index in [4.69, 9.17) is 4.98 Å². The average Bonchev–Trinajstić information content (AvgIpc) is 3.03. The molecule has 0 saturated carbocycles. The van der Waals surface area contributed by atoms with Crippen LogP contribution in [0.4, 0.5) is 0 Å². The van der Waals surface area contributed by atoms with Crippen LogP contribution in [0.15, 0.2) is 66.7 Å². The van der Waals surface area contributed by atoms with Crippen molar-refractivity contribution in [2.24, 2.45) is 0 Å². The van der Waals surface area contributed by atoms with E-state index < -0.39 is 0 Å². The molecule has 2 heterocycles. The molecular formula is C22H20N2. The number of benzene rings is 3. The lowest BCUT2D eigenvalue weighted by molar-refractivity contribution is 1.31. The Morgan fingerprint density at radius 2 is 1.42 bits per heavy atom. The van der Waals surface area contributed by atoms with E-state index in [1.54, 1.807) is 0 Å². The van der Waals surface area contributed by atoms with E-state index in [1.165, 1.54) is 27.2 Å². The SMILES string of the molecule is CC.Cc1ccc2c(c1)c1ccccc1n1c3ccccc3nc21. The van der Waals surface area contributed by atoms with Crippen LogP contribution >= 0.6 is 0 Å². The lowest BCUT2D eigenvalue weighted by Gasteiger charge is -2.09. The minimum absolute atomic E-state index is 1.04. The molecule has 0 amide bonds. The summed E-state index contributed by atoms with van der Waals surface area (Å²) >= 11 is 0.